The summed E-state index contributed by atoms with van der Waals surface area (Å²) in [6.45, 7) is 6.20. The van der Waals surface area contributed by atoms with Crippen molar-refractivity contribution in [2.24, 2.45) is 0 Å². The molecule has 3 heteroatoms. The van der Waals surface area contributed by atoms with Gasteiger partial charge < -0.3 is 10.4 Å². The van der Waals surface area contributed by atoms with Crippen molar-refractivity contribution in [3.63, 3.8) is 0 Å². The standard InChI is InChI=1S/C8H17NO2/c1-4-5-6-9-8(2,3)7(10)11/h9H,4-6H2,1-3H3,(H,10,11). The zero-order valence-corrected chi connectivity index (χ0v) is 7.48. The molecule has 0 aromatic heterocycles. The maximum atomic E-state index is 10.6. The summed E-state index contributed by atoms with van der Waals surface area (Å²) >= 11 is 0. The molecule has 0 amide bonds. The number of hydrogen-bond acceptors (Lipinski definition) is 2. The van der Waals surface area contributed by atoms with Gasteiger partial charge >= 0.3 is 5.97 Å². The summed E-state index contributed by atoms with van der Waals surface area (Å²) in [7, 11) is 0. The molecule has 0 saturated heterocycles. The fourth-order valence-corrected chi connectivity index (χ4v) is 0.653. The summed E-state index contributed by atoms with van der Waals surface area (Å²) in [5.74, 6) is -0.798. The van der Waals surface area contributed by atoms with E-state index in [1.54, 1.807) is 13.8 Å². The molecule has 0 radical (unpaired) electrons. The van der Waals surface area contributed by atoms with Gasteiger partial charge in [-0.1, -0.05) is 13.3 Å². The van der Waals surface area contributed by atoms with Crippen LogP contribution in [0.15, 0.2) is 0 Å². The highest BCUT2D eigenvalue weighted by molar-refractivity contribution is 5.77. The van der Waals surface area contributed by atoms with Gasteiger partial charge in [-0.2, -0.15) is 0 Å². The van der Waals surface area contributed by atoms with E-state index in [0.29, 0.717) is 0 Å². The molecule has 0 heterocycles. The number of carbonyl (C=O) groups is 1. The molecule has 0 aliphatic carbocycles. The fraction of sp³-hybridized carbons (Fsp3) is 0.875. The van der Waals surface area contributed by atoms with Crippen LogP contribution in [-0.4, -0.2) is 23.2 Å². The Kier molecular flexibility index (Phi) is 4.11. The van der Waals surface area contributed by atoms with Crippen LogP contribution in [0.5, 0.6) is 0 Å². The third kappa shape index (κ3) is 3.98. The van der Waals surface area contributed by atoms with Gasteiger partial charge in [-0.05, 0) is 26.8 Å². The molecule has 66 valence electrons. The van der Waals surface area contributed by atoms with Gasteiger partial charge in [0.25, 0.3) is 0 Å². The SMILES string of the molecule is CCCCNC(C)(C)C(=O)O. The van der Waals surface area contributed by atoms with Gasteiger partial charge in [0.05, 0.1) is 0 Å². The Balaban J connectivity index is 3.64. The number of nitrogens with one attached hydrogen (secondary N) is 1. The van der Waals surface area contributed by atoms with Crippen LogP contribution in [0.3, 0.4) is 0 Å². The molecule has 0 fully saturated rings. The van der Waals surface area contributed by atoms with Gasteiger partial charge in [0.1, 0.15) is 5.54 Å². The average Bonchev–Trinajstić information content (AvgIpc) is 1.88. The molecule has 0 spiro atoms. The molecule has 0 unspecified atom stereocenters. The van der Waals surface area contributed by atoms with Crippen molar-refractivity contribution in [1.82, 2.24) is 5.32 Å². The monoisotopic (exact) mass is 159 g/mol. The lowest BCUT2D eigenvalue weighted by molar-refractivity contribution is -0.143. The van der Waals surface area contributed by atoms with E-state index in [4.69, 9.17) is 5.11 Å². The maximum absolute atomic E-state index is 10.6. The minimum Gasteiger partial charge on any atom is -0.480 e. The first kappa shape index (κ1) is 10.4. The van der Waals surface area contributed by atoms with E-state index in [1.807, 2.05) is 0 Å². The highest BCUT2D eigenvalue weighted by Gasteiger charge is 2.25. The summed E-state index contributed by atoms with van der Waals surface area (Å²) < 4.78 is 0. The van der Waals surface area contributed by atoms with Crippen LogP contribution >= 0.6 is 0 Å². The molecule has 11 heavy (non-hydrogen) atoms. The summed E-state index contributed by atoms with van der Waals surface area (Å²) in [5.41, 5.74) is -0.783. The van der Waals surface area contributed by atoms with Gasteiger partial charge in [-0.25, -0.2) is 0 Å². The Hall–Kier alpha value is -0.570. The third-order valence-corrected chi connectivity index (χ3v) is 1.63. The van der Waals surface area contributed by atoms with Gasteiger partial charge in [0.15, 0.2) is 0 Å². The van der Waals surface area contributed by atoms with Gasteiger partial charge in [0.2, 0.25) is 0 Å². The lowest BCUT2D eigenvalue weighted by Gasteiger charge is -2.20. The van der Waals surface area contributed by atoms with E-state index in [0.717, 1.165) is 19.4 Å². The molecule has 0 aromatic carbocycles. The number of hydrogen-bond donors (Lipinski definition) is 2. The zero-order chi connectivity index (χ0) is 8.91. The number of rotatable bonds is 5. The Morgan fingerprint density at radius 3 is 2.45 bits per heavy atom. The summed E-state index contributed by atoms with van der Waals surface area (Å²) in [5, 5.41) is 11.6. The second-order valence-corrected chi connectivity index (χ2v) is 3.21. The molecule has 2 N–H and O–H groups in total. The Bertz CT molecular complexity index is 132. The predicted molar refractivity (Wildman–Crippen MR) is 44.6 cm³/mol. The first-order valence-corrected chi connectivity index (χ1v) is 3.99. The van der Waals surface area contributed by atoms with Crippen LogP contribution in [0.1, 0.15) is 33.6 Å². The van der Waals surface area contributed by atoms with E-state index >= 15 is 0 Å². The molecule has 0 saturated carbocycles. The molecule has 0 atom stereocenters. The molecule has 0 aromatic rings. The number of carboxylic acid groups (broad SMARTS) is 1. The van der Waals surface area contributed by atoms with E-state index < -0.39 is 11.5 Å². The van der Waals surface area contributed by atoms with Crippen molar-refractivity contribution in [2.45, 2.75) is 39.2 Å². The molecule has 0 aliphatic rings. The van der Waals surface area contributed by atoms with Crippen molar-refractivity contribution in [3.8, 4) is 0 Å². The van der Waals surface area contributed by atoms with Crippen LogP contribution < -0.4 is 5.32 Å². The molecular formula is C8H17NO2. The smallest absolute Gasteiger partial charge is 0.323 e. The minimum absolute atomic E-state index is 0.774. The lowest BCUT2D eigenvalue weighted by Crippen LogP contribution is -2.46. The van der Waals surface area contributed by atoms with E-state index in [1.165, 1.54) is 0 Å². The molecule has 0 aliphatic heterocycles. The topological polar surface area (TPSA) is 49.3 Å². The Labute approximate surface area is 67.8 Å². The van der Waals surface area contributed by atoms with Gasteiger partial charge in [0, 0.05) is 0 Å². The largest absolute Gasteiger partial charge is 0.480 e. The Morgan fingerprint density at radius 2 is 2.09 bits per heavy atom. The van der Waals surface area contributed by atoms with Gasteiger partial charge in [-0.15, -0.1) is 0 Å². The molecule has 3 nitrogen and oxygen atoms in total. The quantitative estimate of drug-likeness (QED) is 0.593. The van der Waals surface area contributed by atoms with Crippen LogP contribution in [0.4, 0.5) is 0 Å². The second kappa shape index (κ2) is 4.34. The van der Waals surface area contributed by atoms with Crippen molar-refractivity contribution in [3.05, 3.63) is 0 Å². The average molecular weight is 159 g/mol. The highest BCUT2D eigenvalue weighted by atomic mass is 16.4. The molecular weight excluding hydrogens is 142 g/mol. The van der Waals surface area contributed by atoms with Crippen LogP contribution in [0.25, 0.3) is 0 Å². The van der Waals surface area contributed by atoms with Gasteiger partial charge in [-0.3, -0.25) is 4.79 Å². The lowest BCUT2D eigenvalue weighted by atomic mass is 10.1. The fourth-order valence-electron chi connectivity index (χ4n) is 0.653. The third-order valence-electron chi connectivity index (χ3n) is 1.63. The van der Waals surface area contributed by atoms with Crippen molar-refractivity contribution in [1.29, 1.82) is 0 Å². The summed E-state index contributed by atoms with van der Waals surface area (Å²) in [6, 6.07) is 0. The summed E-state index contributed by atoms with van der Waals surface area (Å²) in [4.78, 5) is 10.6. The molecule has 0 rings (SSSR count). The maximum Gasteiger partial charge on any atom is 0.323 e. The van der Waals surface area contributed by atoms with E-state index in [2.05, 4.69) is 12.2 Å². The van der Waals surface area contributed by atoms with Crippen LogP contribution in [0, 0.1) is 0 Å². The van der Waals surface area contributed by atoms with Crippen molar-refractivity contribution >= 4 is 5.97 Å². The van der Waals surface area contributed by atoms with E-state index in [-0.39, 0.29) is 0 Å². The van der Waals surface area contributed by atoms with Crippen molar-refractivity contribution in [2.75, 3.05) is 6.54 Å². The number of carboxylic acids is 1. The first-order chi connectivity index (χ1) is 5.00. The van der Waals surface area contributed by atoms with Crippen LogP contribution in [-0.2, 0) is 4.79 Å². The number of unbranched alkanes of at least 4 members (excludes halogenated alkanes) is 1. The first-order valence-electron chi connectivity index (χ1n) is 3.99. The number of aliphatic carboxylic acids is 1. The second-order valence-electron chi connectivity index (χ2n) is 3.21. The predicted octanol–water partition coefficient (Wildman–Crippen LogP) is 1.24. The van der Waals surface area contributed by atoms with Crippen LogP contribution in [0.2, 0.25) is 0 Å². The zero-order valence-electron chi connectivity index (χ0n) is 7.48. The van der Waals surface area contributed by atoms with E-state index in [9.17, 15) is 4.79 Å². The highest BCUT2D eigenvalue weighted by Crippen LogP contribution is 2.01. The van der Waals surface area contributed by atoms with Crippen molar-refractivity contribution < 1.29 is 9.90 Å². The normalized spacial score (nSPS) is 11.5. The minimum atomic E-state index is -0.798. The Morgan fingerprint density at radius 1 is 1.55 bits per heavy atom. The summed E-state index contributed by atoms with van der Waals surface area (Å²) in [6.07, 6.45) is 2.11. The molecule has 0 bridgehead atoms.